The number of anilines is 1. The number of rotatable bonds is 5. The van der Waals surface area contributed by atoms with E-state index in [0.29, 0.717) is 0 Å². The van der Waals surface area contributed by atoms with Crippen molar-refractivity contribution in [3.8, 4) is 0 Å². The third kappa shape index (κ3) is 4.55. The molecule has 0 amide bonds. The van der Waals surface area contributed by atoms with E-state index in [0.717, 1.165) is 23.3 Å². The zero-order valence-corrected chi connectivity index (χ0v) is 14.4. The van der Waals surface area contributed by atoms with Gasteiger partial charge < -0.3 is 10.6 Å². The van der Waals surface area contributed by atoms with Crippen LogP contribution in [0.25, 0.3) is 0 Å². The van der Waals surface area contributed by atoms with Gasteiger partial charge in [-0.15, -0.1) is 0 Å². The third-order valence-corrected chi connectivity index (χ3v) is 3.89. The summed E-state index contributed by atoms with van der Waals surface area (Å²) in [5.74, 6) is 1.02. The molecule has 0 fully saturated rings. The molecule has 21 heavy (non-hydrogen) atoms. The van der Waals surface area contributed by atoms with Crippen LogP contribution in [0.5, 0.6) is 0 Å². The van der Waals surface area contributed by atoms with E-state index in [1.807, 2.05) is 13.1 Å². The van der Waals surface area contributed by atoms with Gasteiger partial charge in [0.2, 0.25) is 0 Å². The maximum absolute atomic E-state index is 5.84. The monoisotopic (exact) mass is 347 g/mol. The van der Waals surface area contributed by atoms with Crippen LogP contribution in [0.4, 0.5) is 5.82 Å². The standard InChI is InChI=1S/C17H22BrN3/c1-12-8-15(9-13(2)19)10-20-17(12)21(3)11-14-4-6-16(18)7-5-14/h4-8,10,13H,9,11,19H2,1-3H3. The Labute approximate surface area is 135 Å². The first-order valence-corrected chi connectivity index (χ1v) is 7.91. The molecule has 0 aliphatic rings. The molecule has 0 saturated heterocycles. The summed E-state index contributed by atoms with van der Waals surface area (Å²) in [7, 11) is 2.07. The predicted octanol–water partition coefficient (Wildman–Crippen LogP) is 3.68. The number of benzene rings is 1. The van der Waals surface area contributed by atoms with E-state index < -0.39 is 0 Å². The van der Waals surface area contributed by atoms with Crippen molar-refractivity contribution in [1.82, 2.24) is 4.98 Å². The van der Waals surface area contributed by atoms with Gasteiger partial charge in [0.1, 0.15) is 5.82 Å². The van der Waals surface area contributed by atoms with Gasteiger partial charge in [0.15, 0.2) is 0 Å². The largest absolute Gasteiger partial charge is 0.355 e. The van der Waals surface area contributed by atoms with Gasteiger partial charge in [-0.2, -0.15) is 0 Å². The lowest BCUT2D eigenvalue weighted by atomic mass is 10.1. The highest BCUT2D eigenvalue weighted by Gasteiger charge is 2.09. The lowest BCUT2D eigenvalue weighted by Crippen LogP contribution is -2.20. The number of halogens is 1. The van der Waals surface area contributed by atoms with E-state index >= 15 is 0 Å². The van der Waals surface area contributed by atoms with Crippen molar-refractivity contribution in [2.45, 2.75) is 32.9 Å². The van der Waals surface area contributed by atoms with Crippen LogP contribution in [0, 0.1) is 6.92 Å². The number of hydrogen-bond donors (Lipinski definition) is 1. The van der Waals surface area contributed by atoms with Crippen molar-refractivity contribution in [2.75, 3.05) is 11.9 Å². The van der Waals surface area contributed by atoms with Crippen LogP contribution in [0.15, 0.2) is 41.0 Å². The summed E-state index contributed by atoms with van der Waals surface area (Å²) in [6, 6.07) is 10.7. The van der Waals surface area contributed by atoms with E-state index in [-0.39, 0.29) is 6.04 Å². The first-order valence-electron chi connectivity index (χ1n) is 7.12. The number of aromatic nitrogens is 1. The van der Waals surface area contributed by atoms with Crippen molar-refractivity contribution < 1.29 is 0 Å². The molecule has 3 nitrogen and oxygen atoms in total. The fourth-order valence-electron chi connectivity index (χ4n) is 2.45. The molecule has 2 rings (SSSR count). The van der Waals surface area contributed by atoms with Gasteiger partial charge in [-0.05, 0) is 49.1 Å². The fraction of sp³-hybridized carbons (Fsp3) is 0.353. The topological polar surface area (TPSA) is 42.1 Å². The Balaban J connectivity index is 2.11. The first-order chi connectivity index (χ1) is 9.95. The highest BCUT2D eigenvalue weighted by Crippen LogP contribution is 2.20. The molecule has 0 aliphatic heterocycles. The fourth-order valence-corrected chi connectivity index (χ4v) is 2.71. The second-order valence-electron chi connectivity index (χ2n) is 5.65. The SMILES string of the molecule is Cc1cc(CC(C)N)cnc1N(C)Cc1ccc(Br)cc1. The maximum Gasteiger partial charge on any atom is 0.131 e. The summed E-state index contributed by atoms with van der Waals surface area (Å²) in [6.07, 6.45) is 2.80. The lowest BCUT2D eigenvalue weighted by molar-refractivity contribution is 0.734. The molecule has 0 spiro atoms. The van der Waals surface area contributed by atoms with Gasteiger partial charge in [0, 0.05) is 30.3 Å². The summed E-state index contributed by atoms with van der Waals surface area (Å²) < 4.78 is 1.10. The van der Waals surface area contributed by atoms with Gasteiger partial charge >= 0.3 is 0 Å². The average Bonchev–Trinajstić information content (AvgIpc) is 2.40. The molecule has 0 saturated carbocycles. The minimum absolute atomic E-state index is 0.164. The number of nitrogens with zero attached hydrogens (tertiary/aromatic N) is 2. The molecule has 0 radical (unpaired) electrons. The highest BCUT2D eigenvalue weighted by atomic mass is 79.9. The zero-order valence-electron chi connectivity index (χ0n) is 12.8. The molecule has 1 unspecified atom stereocenters. The second-order valence-corrected chi connectivity index (χ2v) is 6.56. The molecule has 4 heteroatoms. The lowest BCUT2D eigenvalue weighted by Gasteiger charge is -2.21. The predicted molar refractivity (Wildman–Crippen MR) is 92.6 cm³/mol. The van der Waals surface area contributed by atoms with Gasteiger partial charge in [0.25, 0.3) is 0 Å². The third-order valence-electron chi connectivity index (χ3n) is 3.36. The number of nitrogens with two attached hydrogens (primary N) is 1. The minimum Gasteiger partial charge on any atom is -0.355 e. The van der Waals surface area contributed by atoms with Crippen LogP contribution in [-0.2, 0) is 13.0 Å². The van der Waals surface area contributed by atoms with Gasteiger partial charge in [-0.25, -0.2) is 4.98 Å². The van der Waals surface area contributed by atoms with Crippen molar-refractivity contribution in [1.29, 1.82) is 0 Å². The number of hydrogen-bond acceptors (Lipinski definition) is 3. The van der Waals surface area contributed by atoms with Gasteiger partial charge in [-0.3, -0.25) is 0 Å². The highest BCUT2D eigenvalue weighted by molar-refractivity contribution is 9.10. The average molecular weight is 348 g/mol. The maximum atomic E-state index is 5.84. The smallest absolute Gasteiger partial charge is 0.131 e. The molecule has 1 aromatic heterocycles. The summed E-state index contributed by atoms with van der Waals surface area (Å²) >= 11 is 3.46. The van der Waals surface area contributed by atoms with E-state index in [1.54, 1.807) is 0 Å². The molecular weight excluding hydrogens is 326 g/mol. The first kappa shape index (κ1) is 16.0. The Morgan fingerprint density at radius 1 is 1.24 bits per heavy atom. The molecule has 0 bridgehead atoms. The van der Waals surface area contributed by atoms with E-state index in [9.17, 15) is 0 Å². The minimum atomic E-state index is 0.164. The number of pyridine rings is 1. The molecule has 2 aromatic rings. The van der Waals surface area contributed by atoms with Gasteiger partial charge in [0.05, 0.1) is 0 Å². The Hall–Kier alpha value is -1.39. The van der Waals surface area contributed by atoms with E-state index in [4.69, 9.17) is 5.73 Å². The van der Waals surface area contributed by atoms with Crippen LogP contribution >= 0.6 is 15.9 Å². The van der Waals surface area contributed by atoms with Crippen molar-refractivity contribution in [2.24, 2.45) is 5.73 Å². The molecule has 1 aromatic carbocycles. The summed E-state index contributed by atoms with van der Waals surface area (Å²) in [6.45, 7) is 4.96. The molecule has 2 N–H and O–H groups in total. The molecule has 1 atom stereocenters. The summed E-state index contributed by atoms with van der Waals surface area (Å²) in [5.41, 5.74) is 9.50. The zero-order chi connectivity index (χ0) is 15.4. The number of aryl methyl sites for hydroxylation is 1. The normalized spacial score (nSPS) is 12.2. The molecular formula is C17H22BrN3. The summed E-state index contributed by atoms with van der Waals surface area (Å²) in [4.78, 5) is 6.78. The van der Waals surface area contributed by atoms with Crippen molar-refractivity contribution >= 4 is 21.7 Å². The van der Waals surface area contributed by atoms with Gasteiger partial charge in [-0.1, -0.05) is 34.1 Å². The quantitative estimate of drug-likeness (QED) is 0.896. The van der Waals surface area contributed by atoms with Crippen molar-refractivity contribution in [3.05, 3.63) is 57.7 Å². The second kappa shape index (κ2) is 7.05. The van der Waals surface area contributed by atoms with Crippen LogP contribution in [0.1, 0.15) is 23.6 Å². The Kier molecular flexibility index (Phi) is 5.37. The van der Waals surface area contributed by atoms with Crippen LogP contribution in [-0.4, -0.2) is 18.1 Å². The molecule has 0 aliphatic carbocycles. The molecule has 112 valence electrons. The Bertz CT molecular complexity index is 593. The Morgan fingerprint density at radius 3 is 2.48 bits per heavy atom. The Morgan fingerprint density at radius 2 is 1.90 bits per heavy atom. The van der Waals surface area contributed by atoms with E-state index in [1.165, 1.54) is 16.7 Å². The van der Waals surface area contributed by atoms with E-state index in [2.05, 4.69) is 70.1 Å². The van der Waals surface area contributed by atoms with Crippen LogP contribution in [0.2, 0.25) is 0 Å². The van der Waals surface area contributed by atoms with Crippen LogP contribution < -0.4 is 10.6 Å². The summed E-state index contributed by atoms with van der Waals surface area (Å²) in [5, 5.41) is 0. The molecule has 1 heterocycles. The van der Waals surface area contributed by atoms with Crippen LogP contribution in [0.3, 0.4) is 0 Å². The van der Waals surface area contributed by atoms with Crippen molar-refractivity contribution in [3.63, 3.8) is 0 Å².